The molecule has 1 aromatic carbocycles. The summed E-state index contributed by atoms with van der Waals surface area (Å²) in [6, 6.07) is 8.83. The smallest absolute Gasteiger partial charge is 0.137 e. The molecule has 76 valence electrons. The second kappa shape index (κ2) is 4.02. The van der Waals surface area contributed by atoms with Gasteiger partial charge in [0.05, 0.1) is 17.2 Å². The molecule has 1 aromatic rings. The van der Waals surface area contributed by atoms with E-state index in [-0.39, 0.29) is 5.60 Å². The van der Waals surface area contributed by atoms with Crippen LogP contribution in [0, 0.1) is 22.7 Å². The van der Waals surface area contributed by atoms with Gasteiger partial charge in [0.15, 0.2) is 0 Å². The van der Waals surface area contributed by atoms with Gasteiger partial charge in [0.2, 0.25) is 0 Å². The van der Waals surface area contributed by atoms with Crippen molar-refractivity contribution >= 4 is 0 Å². The van der Waals surface area contributed by atoms with Gasteiger partial charge < -0.3 is 4.74 Å². The standard InChI is InChI=1S/C12H12N2O/c1-12(2,3)15-11-5-4-9(7-13)6-10(11)8-14/h4-6H,1-3H3. The minimum atomic E-state index is -0.347. The van der Waals surface area contributed by atoms with Crippen LogP contribution in [0.4, 0.5) is 0 Å². The molecule has 1 rings (SSSR count). The fourth-order valence-electron chi connectivity index (χ4n) is 1.11. The topological polar surface area (TPSA) is 56.8 Å². The molecule has 0 fully saturated rings. The number of benzene rings is 1. The van der Waals surface area contributed by atoms with Gasteiger partial charge in [-0.2, -0.15) is 10.5 Å². The number of nitriles is 2. The molecule has 0 aliphatic carbocycles. The molecule has 0 aromatic heterocycles. The summed E-state index contributed by atoms with van der Waals surface area (Å²) in [5.74, 6) is 0.518. The molecule has 0 radical (unpaired) electrons. The number of hydrogen-bond acceptors (Lipinski definition) is 3. The monoisotopic (exact) mass is 200 g/mol. The van der Waals surface area contributed by atoms with Crippen molar-refractivity contribution in [2.24, 2.45) is 0 Å². The summed E-state index contributed by atoms with van der Waals surface area (Å²) < 4.78 is 5.59. The molecule has 0 aliphatic rings. The van der Waals surface area contributed by atoms with Gasteiger partial charge >= 0.3 is 0 Å². The van der Waals surface area contributed by atoms with Crippen LogP contribution in [0.15, 0.2) is 18.2 Å². The van der Waals surface area contributed by atoms with E-state index in [1.165, 1.54) is 6.07 Å². The van der Waals surface area contributed by atoms with Gasteiger partial charge in [-0.15, -0.1) is 0 Å². The van der Waals surface area contributed by atoms with E-state index in [2.05, 4.69) is 0 Å². The zero-order valence-electron chi connectivity index (χ0n) is 9.03. The molecule has 0 bridgehead atoms. The number of ether oxygens (including phenoxy) is 1. The van der Waals surface area contributed by atoms with Gasteiger partial charge in [-0.05, 0) is 39.0 Å². The van der Waals surface area contributed by atoms with Crippen LogP contribution < -0.4 is 4.74 Å². The first-order valence-electron chi connectivity index (χ1n) is 4.59. The van der Waals surface area contributed by atoms with Crippen LogP contribution >= 0.6 is 0 Å². The minimum Gasteiger partial charge on any atom is -0.487 e. The van der Waals surface area contributed by atoms with Crippen LogP contribution in [0.3, 0.4) is 0 Å². The number of nitrogens with zero attached hydrogens (tertiary/aromatic N) is 2. The predicted molar refractivity (Wildman–Crippen MR) is 56.3 cm³/mol. The molecule has 15 heavy (non-hydrogen) atoms. The average Bonchev–Trinajstić information content (AvgIpc) is 2.16. The Morgan fingerprint density at radius 1 is 1.13 bits per heavy atom. The van der Waals surface area contributed by atoms with E-state index < -0.39 is 0 Å². The van der Waals surface area contributed by atoms with Crippen molar-refractivity contribution in [2.75, 3.05) is 0 Å². The van der Waals surface area contributed by atoms with E-state index in [1.54, 1.807) is 12.1 Å². The highest BCUT2D eigenvalue weighted by Gasteiger charge is 2.14. The number of rotatable bonds is 1. The highest BCUT2D eigenvalue weighted by molar-refractivity contribution is 5.48. The predicted octanol–water partition coefficient (Wildman–Crippen LogP) is 2.61. The Balaban J connectivity index is 3.11. The zero-order valence-corrected chi connectivity index (χ0v) is 9.03. The largest absolute Gasteiger partial charge is 0.487 e. The summed E-state index contributed by atoms with van der Waals surface area (Å²) in [5.41, 5.74) is 0.511. The maximum absolute atomic E-state index is 8.90. The van der Waals surface area contributed by atoms with Gasteiger partial charge in [-0.1, -0.05) is 0 Å². The summed E-state index contributed by atoms with van der Waals surface area (Å²) in [6.07, 6.45) is 0. The molecule has 0 heterocycles. The fraction of sp³-hybridized carbons (Fsp3) is 0.333. The lowest BCUT2D eigenvalue weighted by Crippen LogP contribution is -2.23. The molecule has 0 amide bonds. The maximum Gasteiger partial charge on any atom is 0.137 e. The van der Waals surface area contributed by atoms with Crippen molar-refractivity contribution in [1.29, 1.82) is 10.5 Å². The van der Waals surface area contributed by atoms with E-state index in [9.17, 15) is 0 Å². The van der Waals surface area contributed by atoms with Crippen LogP contribution in [-0.2, 0) is 0 Å². The molecule has 3 nitrogen and oxygen atoms in total. The van der Waals surface area contributed by atoms with Gasteiger partial charge in [-0.25, -0.2) is 0 Å². The summed E-state index contributed by atoms with van der Waals surface area (Å²) in [6.45, 7) is 5.73. The van der Waals surface area contributed by atoms with Crippen molar-refractivity contribution in [3.63, 3.8) is 0 Å². The molecule has 0 N–H and O–H groups in total. The molecule has 0 unspecified atom stereocenters. The van der Waals surface area contributed by atoms with Crippen molar-refractivity contribution in [1.82, 2.24) is 0 Å². The van der Waals surface area contributed by atoms with Crippen LogP contribution in [0.2, 0.25) is 0 Å². The average molecular weight is 200 g/mol. The Labute approximate surface area is 89.5 Å². The van der Waals surface area contributed by atoms with Crippen LogP contribution in [0.25, 0.3) is 0 Å². The lowest BCUT2D eigenvalue weighted by Gasteiger charge is -2.21. The summed E-state index contributed by atoms with van der Waals surface area (Å²) in [4.78, 5) is 0. The van der Waals surface area contributed by atoms with Crippen molar-refractivity contribution in [3.8, 4) is 17.9 Å². The molecule has 0 atom stereocenters. The van der Waals surface area contributed by atoms with Gasteiger partial charge in [0, 0.05) is 0 Å². The van der Waals surface area contributed by atoms with Gasteiger partial charge in [0.25, 0.3) is 0 Å². The van der Waals surface area contributed by atoms with Gasteiger partial charge in [-0.3, -0.25) is 0 Å². The molecule has 0 saturated carbocycles. The van der Waals surface area contributed by atoms with Crippen LogP contribution in [0.1, 0.15) is 31.9 Å². The Bertz CT molecular complexity index is 444. The van der Waals surface area contributed by atoms with E-state index in [0.717, 1.165) is 0 Å². The molecule has 3 heteroatoms. The highest BCUT2D eigenvalue weighted by atomic mass is 16.5. The van der Waals surface area contributed by atoms with Crippen LogP contribution in [-0.4, -0.2) is 5.60 Å². The lowest BCUT2D eigenvalue weighted by atomic mass is 10.1. The number of hydrogen-bond donors (Lipinski definition) is 0. The molecular formula is C12H12N2O. The van der Waals surface area contributed by atoms with Crippen molar-refractivity contribution < 1.29 is 4.74 Å². The Hall–Kier alpha value is -2.00. The molecule has 0 saturated heterocycles. The second-order valence-corrected chi connectivity index (χ2v) is 4.15. The van der Waals surface area contributed by atoms with E-state index >= 15 is 0 Å². The normalized spacial score (nSPS) is 10.2. The molecule has 0 aliphatic heterocycles. The Kier molecular flexibility index (Phi) is 2.97. The van der Waals surface area contributed by atoms with Crippen molar-refractivity contribution in [3.05, 3.63) is 29.3 Å². The lowest BCUT2D eigenvalue weighted by molar-refractivity contribution is 0.130. The summed E-state index contributed by atoms with van der Waals surface area (Å²) in [5, 5.41) is 17.6. The third-order valence-corrected chi connectivity index (χ3v) is 1.65. The Morgan fingerprint density at radius 3 is 2.27 bits per heavy atom. The van der Waals surface area contributed by atoms with E-state index in [1.807, 2.05) is 32.9 Å². The van der Waals surface area contributed by atoms with E-state index in [0.29, 0.717) is 16.9 Å². The quantitative estimate of drug-likeness (QED) is 0.700. The van der Waals surface area contributed by atoms with Crippen LogP contribution in [0.5, 0.6) is 5.75 Å². The zero-order chi connectivity index (χ0) is 11.5. The Morgan fingerprint density at radius 2 is 1.80 bits per heavy atom. The third-order valence-electron chi connectivity index (χ3n) is 1.65. The maximum atomic E-state index is 8.90. The minimum absolute atomic E-state index is 0.347. The molecular weight excluding hydrogens is 188 g/mol. The first-order valence-corrected chi connectivity index (χ1v) is 4.59. The third kappa shape index (κ3) is 3.00. The highest BCUT2D eigenvalue weighted by Crippen LogP contribution is 2.23. The summed E-state index contributed by atoms with van der Waals surface area (Å²) in [7, 11) is 0. The first kappa shape index (κ1) is 11.1. The van der Waals surface area contributed by atoms with Crippen molar-refractivity contribution in [2.45, 2.75) is 26.4 Å². The molecule has 0 spiro atoms. The van der Waals surface area contributed by atoms with Gasteiger partial charge in [0.1, 0.15) is 17.4 Å². The fourth-order valence-corrected chi connectivity index (χ4v) is 1.11. The first-order chi connectivity index (χ1) is 6.96. The SMILES string of the molecule is CC(C)(C)Oc1ccc(C#N)cc1C#N. The summed E-state index contributed by atoms with van der Waals surface area (Å²) >= 11 is 0. The second-order valence-electron chi connectivity index (χ2n) is 4.15. The van der Waals surface area contributed by atoms with E-state index in [4.69, 9.17) is 15.3 Å².